The Hall–Kier alpha value is -2.34. The SMILES string of the molecule is CC[C@H]1CN(c2ncnc3c2CN(c2cc(Cl)nc4[nH]ccc24)[C@H](C)C3)C[C@H]2C[C@@H]21. The molecule has 1 saturated heterocycles. The summed E-state index contributed by atoms with van der Waals surface area (Å²) in [4.78, 5) is 22.1. The first-order valence-corrected chi connectivity index (χ1v) is 11.5. The standard InChI is InChI=1S/C23H27ClN6/c1-3-14-9-29(10-15-7-17(14)15)23-18-11-30(13(2)6-19(18)26-12-27-23)20-8-21(24)28-22-16(20)4-5-25-22/h4-5,8,12-15,17H,3,6-7,9-11H2,1-2H3,(H,25,28)/t13-,14+,15-,17-/m1/s1. The van der Waals surface area contributed by atoms with E-state index in [0.29, 0.717) is 11.2 Å². The molecule has 0 amide bonds. The van der Waals surface area contributed by atoms with E-state index in [0.717, 1.165) is 66.3 Å². The minimum Gasteiger partial charge on any atom is -0.363 e. The fourth-order valence-electron chi connectivity index (χ4n) is 5.75. The van der Waals surface area contributed by atoms with Crippen LogP contribution in [0.15, 0.2) is 24.7 Å². The Morgan fingerprint density at radius 3 is 3.03 bits per heavy atom. The van der Waals surface area contributed by atoms with Gasteiger partial charge in [0, 0.05) is 49.2 Å². The van der Waals surface area contributed by atoms with Crippen molar-refractivity contribution in [1.29, 1.82) is 0 Å². The zero-order valence-corrected chi connectivity index (χ0v) is 18.2. The lowest BCUT2D eigenvalue weighted by Gasteiger charge is -2.40. The Morgan fingerprint density at radius 2 is 2.17 bits per heavy atom. The van der Waals surface area contributed by atoms with Gasteiger partial charge in [-0.2, -0.15) is 0 Å². The fourth-order valence-corrected chi connectivity index (χ4v) is 5.94. The van der Waals surface area contributed by atoms with Crippen molar-refractivity contribution in [2.45, 2.75) is 45.7 Å². The van der Waals surface area contributed by atoms with Crippen molar-refractivity contribution in [3.8, 4) is 0 Å². The van der Waals surface area contributed by atoms with Crippen molar-refractivity contribution in [3.05, 3.63) is 41.1 Å². The Balaban J connectivity index is 1.39. The van der Waals surface area contributed by atoms with E-state index < -0.39 is 0 Å². The Bertz CT molecular complexity index is 1110. The summed E-state index contributed by atoms with van der Waals surface area (Å²) in [6.07, 6.45) is 7.26. The normalized spacial score (nSPS) is 27.8. The van der Waals surface area contributed by atoms with Gasteiger partial charge < -0.3 is 14.8 Å². The Morgan fingerprint density at radius 1 is 1.27 bits per heavy atom. The van der Waals surface area contributed by atoms with E-state index in [2.05, 4.69) is 44.7 Å². The molecule has 6 rings (SSSR count). The van der Waals surface area contributed by atoms with Gasteiger partial charge in [-0.25, -0.2) is 15.0 Å². The van der Waals surface area contributed by atoms with E-state index >= 15 is 0 Å². The summed E-state index contributed by atoms with van der Waals surface area (Å²) in [5.74, 6) is 3.74. The molecule has 6 nitrogen and oxygen atoms in total. The number of piperidine rings is 1. The molecule has 1 aliphatic carbocycles. The number of H-pyrrole nitrogens is 1. The number of fused-ring (bicyclic) bond motifs is 3. The average molecular weight is 423 g/mol. The molecule has 30 heavy (non-hydrogen) atoms. The predicted molar refractivity (Wildman–Crippen MR) is 120 cm³/mol. The molecule has 3 aliphatic rings. The molecule has 7 heteroatoms. The van der Waals surface area contributed by atoms with Crippen LogP contribution >= 0.6 is 11.6 Å². The third kappa shape index (κ3) is 2.88. The second-order valence-corrected chi connectivity index (χ2v) is 9.63. The van der Waals surface area contributed by atoms with Crippen LogP contribution in [0, 0.1) is 17.8 Å². The number of aromatic nitrogens is 4. The molecular weight excluding hydrogens is 396 g/mol. The number of rotatable bonds is 3. The number of hydrogen-bond donors (Lipinski definition) is 1. The number of nitrogens with one attached hydrogen (secondary N) is 1. The maximum absolute atomic E-state index is 6.36. The van der Waals surface area contributed by atoms with Gasteiger partial charge in [0.05, 0.1) is 11.4 Å². The fraction of sp³-hybridized carbons (Fsp3) is 0.522. The molecule has 1 N–H and O–H groups in total. The van der Waals surface area contributed by atoms with E-state index in [1.165, 1.54) is 24.1 Å². The second kappa shape index (κ2) is 6.84. The van der Waals surface area contributed by atoms with Gasteiger partial charge >= 0.3 is 0 Å². The largest absolute Gasteiger partial charge is 0.363 e. The molecule has 1 saturated carbocycles. The smallest absolute Gasteiger partial charge is 0.141 e. The topological polar surface area (TPSA) is 60.9 Å². The van der Waals surface area contributed by atoms with Gasteiger partial charge in [-0.15, -0.1) is 0 Å². The van der Waals surface area contributed by atoms with Gasteiger partial charge in [0.15, 0.2) is 0 Å². The highest BCUT2D eigenvalue weighted by Crippen LogP contribution is 2.50. The highest BCUT2D eigenvalue weighted by Gasteiger charge is 2.47. The van der Waals surface area contributed by atoms with Crippen LogP contribution in [0.25, 0.3) is 11.0 Å². The minimum atomic E-state index is 0.328. The molecule has 4 atom stereocenters. The number of pyridine rings is 1. The number of aromatic amines is 1. The Kier molecular flexibility index (Phi) is 4.20. The van der Waals surface area contributed by atoms with E-state index in [4.69, 9.17) is 16.6 Å². The molecule has 2 aliphatic heterocycles. The van der Waals surface area contributed by atoms with Crippen LogP contribution in [-0.2, 0) is 13.0 Å². The molecule has 2 fully saturated rings. The molecule has 0 unspecified atom stereocenters. The first-order chi connectivity index (χ1) is 14.6. The van der Waals surface area contributed by atoms with E-state index in [9.17, 15) is 0 Å². The predicted octanol–water partition coefficient (Wildman–Crippen LogP) is 4.44. The van der Waals surface area contributed by atoms with Crippen LogP contribution in [0.5, 0.6) is 0 Å². The van der Waals surface area contributed by atoms with Crippen molar-refractivity contribution in [2.24, 2.45) is 17.8 Å². The van der Waals surface area contributed by atoms with E-state index in [1.54, 1.807) is 6.33 Å². The number of hydrogen-bond acceptors (Lipinski definition) is 5. The van der Waals surface area contributed by atoms with E-state index in [1.807, 2.05) is 12.3 Å². The van der Waals surface area contributed by atoms with Gasteiger partial charge in [0.25, 0.3) is 0 Å². The number of halogens is 1. The number of nitrogens with zero attached hydrogens (tertiary/aromatic N) is 5. The molecule has 3 aromatic heterocycles. The van der Waals surface area contributed by atoms with E-state index in [-0.39, 0.29) is 0 Å². The van der Waals surface area contributed by atoms with Crippen LogP contribution < -0.4 is 9.80 Å². The zero-order valence-electron chi connectivity index (χ0n) is 17.5. The third-order valence-electron chi connectivity index (χ3n) is 7.46. The molecule has 5 heterocycles. The zero-order chi connectivity index (χ0) is 20.4. The second-order valence-electron chi connectivity index (χ2n) is 9.24. The Labute approximate surface area is 181 Å². The minimum absolute atomic E-state index is 0.328. The first-order valence-electron chi connectivity index (χ1n) is 11.1. The van der Waals surface area contributed by atoms with Crippen LogP contribution in [0.2, 0.25) is 5.15 Å². The lowest BCUT2D eigenvalue weighted by Crippen LogP contribution is -2.42. The van der Waals surface area contributed by atoms with Crippen molar-refractivity contribution >= 4 is 34.1 Å². The average Bonchev–Trinajstić information content (AvgIpc) is 3.39. The van der Waals surface area contributed by atoms with Crippen molar-refractivity contribution in [3.63, 3.8) is 0 Å². The van der Waals surface area contributed by atoms with Crippen molar-refractivity contribution in [1.82, 2.24) is 19.9 Å². The summed E-state index contributed by atoms with van der Waals surface area (Å²) in [6.45, 7) is 7.66. The quantitative estimate of drug-likeness (QED) is 0.632. The summed E-state index contributed by atoms with van der Waals surface area (Å²) >= 11 is 6.36. The molecule has 0 radical (unpaired) electrons. The summed E-state index contributed by atoms with van der Waals surface area (Å²) in [5, 5.41) is 1.63. The van der Waals surface area contributed by atoms with Crippen LogP contribution in [-0.4, -0.2) is 39.1 Å². The maximum atomic E-state index is 6.36. The van der Waals surface area contributed by atoms with Gasteiger partial charge in [0.2, 0.25) is 0 Å². The highest BCUT2D eigenvalue weighted by molar-refractivity contribution is 6.30. The lowest BCUT2D eigenvalue weighted by atomic mass is 9.93. The summed E-state index contributed by atoms with van der Waals surface area (Å²) in [7, 11) is 0. The number of anilines is 2. The molecule has 0 bridgehead atoms. The molecule has 0 spiro atoms. The third-order valence-corrected chi connectivity index (χ3v) is 7.66. The summed E-state index contributed by atoms with van der Waals surface area (Å²) < 4.78 is 0. The van der Waals surface area contributed by atoms with Crippen LogP contribution in [0.4, 0.5) is 11.5 Å². The highest BCUT2D eigenvalue weighted by atomic mass is 35.5. The molecular formula is C23H27ClN6. The monoisotopic (exact) mass is 422 g/mol. The van der Waals surface area contributed by atoms with Crippen molar-refractivity contribution in [2.75, 3.05) is 22.9 Å². The summed E-state index contributed by atoms with van der Waals surface area (Å²) in [5.41, 5.74) is 4.44. The lowest BCUT2D eigenvalue weighted by molar-refractivity contribution is 0.376. The molecule has 156 valence electrons. The molecule has 3 aromatic rings. The first kappa shape index (κ1) is 18.4. The van der Waals surface area contributed by atoms with Gasteiger partial charge in [-0.1, -0.05) is 24.9 Å². The van der Waals surface area contributed by atoms with Gasteiger partial charge in [-0.3, -0.25) is 0 Å². The van der Waals surface area contributed by atoms with Gasteiger partial charge in [-0.05, 0) is 43.2 Å². The molecule has 0 aromatic carbocycles. The van der Waals surface area contributed by atoms with Crippen molar-refractivity contribution < 1.29 is 0 Å². The summed E-state index contributed by atoms with van der Waals surface area (Å²) in [6, 6.07) is 4.41. The van der Waals surface area contributed by atoms with Crippen LogP contribution in [0.3, 0.4) is 0 Å². The van der Waals surface area contributed by atoms with Gasteiger partial charge in [0.1, 0.15) is 22.9 Å². The van der Waals surface area contributed by atoms with Crippen LogP contribution in [0.1, 0.15) is 37.9 Å². The maximum Gasteiger partial charge on any atom is 0.141 e.